The fourth-order valence-electron chi connectivity index (χ4n) is 1.56. The second-order valence-corrected chi connectivity index (χ2v) is 3.17. The normalized spacial score (nSPS) is 30.8. The average molecular weight is 150 g/mol. The lowest BCUT2D eigenvalue weighted by Crippen LogP contribution is -2.38. The van der Waals surface area contributed by atoms with Crippen molar-refractivity contribution in [3.05, 3.63) is 12.7 Å². The molecule has 1 saturated heterocycles. The number of hydrogen-bond donors (Lipinski definition) is 1. The predicted octanol–water partition coefficient (Wildman–Crippen LogP) is 1.46. The molecule has 0 spiro atoms. The number of piperidine rings is 1. The minimum atomic E-state index is -0.153. The van der Waals surface area contributed by atoms with E-state index in [0.717, 1.165) is 32.4 Å². The van der Waals surface area contributed by atoms with Gasteiger partial charge in [-0.05, 0) is 25.8 Å². The molecule has 60 valence electrons. The number of allylic oxidation sites excluding steroid dienone is 1. The third-order valence-corrected chi connectivity index (χ3v) is 2.24. The molecule has 0 aromatic rings. The lowest BCUT2D eigenvalue weighted by atomic mass is 9.79. The van der Waals surface area contributed by atoms with Crippen molar-refractivity contribution >= 4 is 0 Å². The van der Waals surface area contributed by atoms with Gasteiger partial charge in [0, 0.05) is 6.54 Å². The Balaban J connectivity index is 2.58. The second kappa shape index (κ2) is 3.54. The summed E-state index contributed by atoms with van der Waals surface area (Å²) in [6.07, 6.45) is 4.79. The maximum Gasteiger partial charge on any atom is 0.0732 e. The average Bonchev–Trinajstić information content (AvgIpc) is 2.07. The summed E-state index contributed by atoms with van der Waals surface area (Å²) < 4.78 is 0. The zero-order chi connectivity index (χ0) is 8.16. The summed E-state index contributed by atoms with van der Waals surface area (Å²) in [7, 11) is 0. The van der Waals surface area contributed by atoms with E-state index in [1.165, 1.54) is 0 Å². The maximum absolute atomic E-state index is 8.93. The fraction of sp³-hybridized carbons (Fsp3) is 0.667. The molecule has 0 bridgehead atoms. The molecule has 1 N–H and O–H groups in total. The molecule has 1 aliphatic rings. The van der Waals surface area contributed by atoms with Crippen LogP contribution < -0.4 is 5.32 Å². The number of hydrogen-bond acceptors (Lipinski definition) is 2. The van der Waals surface area contributed by atoms with Crippen LogP contribution in [0.15, 0.2) is 12.7 Å². The van der Waals surface area contributed by atoms with Crippen LogP contribution >= 0.6 is 0 Å². The highest BCUT2D eigenvalue weighted by molar-refractivity contribution is 5.05. The van der Waals surface area contributed by atoms with Crippen molar-refractivity contribution in [1.29, 1.82) is 5.26 Å². The molecule has 0 amide bonds. The van der Waals surface area contributed by atoms with Gasteiger partial charge in [-0.3, -0.25) is 0 Å². The van der Waals surface area contributed by atoms with Gasteiger partial charge in [0.15, 0.2) is 0 Å². The molecule has 0 aromatic heterocycles. The van der Waals surface area contributed by atoms with E-state index in [2.05, 4.69) is 18.0 Å². The van der Waals surface area contributed by atoms with Crippen LogP contribution in [0.2, 0.25) is 0 Å². The first kappa shape index (κ1) is 8.29. The van der Waals surface area contributed by atoms with Crippen molar-refractivity contribution in [1.82, 2.24) is 5.32 Å². The minimum absolute atomic E-state index is 0.153. The molecule has 1 heterocycles. The van der Waals surface area contributed by atoms with Gasteiger partial charge in [0.05, 0.1) is 11.5 Å². The summed E-state index contributed by atoms with van der Waals surface area (Å²) in [6, 6.07) is 2.38. The van der Waals surface area contributed by atoms with Gasteiger partial charge in [0.1, 0.15) is 0 Å². The second-order valence-electron chi connectivity index (χ2n) is 3.17. The monoisotopic (exact) mass is 150 g/mol. The molecule has 1 aliphatic heterocycles. The highest BCUT2D eigenvalue weighted by Gasteiger charge is 2.30. The van der Waals surface area contributed by atoms with Crippen LogP contribution in [0.1, 0.15) is 19.3 Å². The molecular formula is C9H14N2. The zero-order valence-electron chi connectivity index (χ0n) is 6.77. The smallest absolute Gasteiger partial charge is 0.0732 e. The topological polar surface area (TPSA) is 35.8 Å². The van der Waals surface area contributed by atoms with Crippen molar-refractivity contribution in [2.24, 2.45) is 5.41 Å². The third-order valence-electron chi connectivity index (χ3n) is 2.24. The summed E-state index contributed by atoms with van der Waals surface area (Å²) >= 11 is 0. The first-order chi connectivity index (χ1) is 5.33. The van der Waals surface area contributed by atoms with Crippen LogP contribution in [0, 0.1) is 16.7 Å². The SMILES string of the molecule is C=CCC1(C#N)CCCNC1. The number of rotatable bonds is 2. The molecule has 1 rings (SSSR count). The van der Waals surface area contributed by atoms with E-state index >= 15 is 0 Å². The Bertz CT molecular complexity index is 172. The molecular weight excluding hydrogens is 136 g/mol. The van der Waals surface area contributed by atoms with E-state index in [0.29, 0.717) is 0 Å². The standard InChI is InChI=1S/C9H14N2/c1-2-4-9(7-10)5-3-6-11-8-9/h2,11H,1,3-6,8H2. The molecule has 1 unspecified atom stereocenters. The van der Waals surface area contributed by atoms with Gasteiger partial charge in [-0.15, -0.1) is 6.58 Å². The lowest BCUT2D eigenvalue weighted by Gasteiger charge is -2.29. The maximum atomic E-state index is 8.93. The number of nitrogens with zero attached hydrogens (tertiary/aromatic N) is 1. The van der Waals surface area contributed by atoms with Gasteiger partial charge < -0.3 is 5.32 Å². The Morgan fingerprint density at radius 3 is 3.00 bits per heavy atom. The van der Waals surface area contributed by atoms with Gasteiger partial charge in [-0.25, -0.2) is 0 Å². The highest BCUT2D eigenvalue weighted by atomic mass is 14.9. The van der Waals surface area contributed by atoms with Gasteiger partial charge in [0.25, 0.3) is 0 Å². The van der Waals surface area contributed by atoms with Crippen molar-refractivity contribution in [2.75, 3.05) is 13.1 Å². The number of nitriles is 1. The van der Waals surface area contributed by atoms with Crippen molar-refractivity contribution < 1.29 is 0 Å². The first-order valence-corrected chi connectivity index (χ1v) is 4.06. The Hall–Kier alpha value is -0.810. The van der Waals surface area contributed by atoms with E-state index in [9.17, 15) is 0 Å². The van der Waals surface area contributed by atoms with Gasteiger partial charge >= 0.3 is 0 Å². The molecule has 1 atom stereocenters. The number of nitrogens with one attached hydrogen (secondary N) is 1. The highest BCUT2D eigenvalue weighted by Crippen LogP contribution is 2.29. The minimum Gasteiger partial charge on any atom is -0.315 e. The predicted molar refractivity (Wildman–Crippen MR) is 45.0 cm³/mol. The summed E-state index contributed by atoms with van der Waals surface area (Å²) in [5.74, 6) is 0. The quantitative estimate of drug-likeness (QED) is 0.605. The van der Waals surface area contributed by atoms with Gasteiger partial charge in [0.2, 0.25) is 0 Å². The van der Waals surface area contributed by atoms with E-state index in [1.54, 1.807) is 0 Å². The summed E-state index contributed by atoms with van der Waals surface area (Å²) in [5, 5.41) is 12.2. The summed E-state index contributed by atoms with van der Waals surface area (Å²) in [6.45, 7) is 5.55. The van der Waals surface area contributed by atoms with Crippen LogP contribution in [0.25, 0.3) is 0 Å². The Morgan fingerprint density at radius 1 is 1.73 bits per heavy atom. The first-order valence-electron chi connectivity index (χ1n) is 4.06. The molecule has 0 aromatic carbocycles. The molecule has 2 nitrogen and oxygen atoms in total. The lowest BCUT2D eigenvalue weighted by molar-refractivity contribution is 0.291. The van der Waals surface area contributed by atoms with E-state index in [1.807, 2.05) is 6.08 Å². The van der Waals surface area contributed by atoms with Crippen LogP contribution in [0.3, 0.4) is 0 Å². The third kappa shape index (κ3) is 1.81. The fourth-order valence-corrected chi connectivity index (χ4v) is 1.56. The zero-order valence-corrected chi connectivity index (χ0v) is 6.77. The van der Waals surface area contributed by atoms with Crippen molar-refractivity contribution in [2.45, 2.75) is 19.3 Å². The Labute approximate surface area is 67.9 Å². The molecule has 11 heavy (non-hydrogen) atoms. The van der Waals surface area contributed by atoms with Crippen LogP contribution in [0.4, 0.5) is 0 Å². The van der Waals surface area contributed by atoms with Crippen LogP contribution in [-0.2, 0) is 0 Å². The molecule has 0 radical (unpaired) electrons. The molecule has 2 heteroatoms. The van der Waals surface area contributed by atoms with Gasteiger partial charge in [-0.1, -0.05) is 6.08 Å². The van der Waals surface area contributed by atoms with Crippen LogP contribution in [0.5, 0.6) is 0 Å². The summed E-state index contributed by atoms with van der Waals surface area (Å²) in [5.41, 5.74) is -0.153. The Kier molecular flexibility index (Phi) is 2.67. The molecule has 0 saturated carbocycles. The Morgan fingerprint density at radius 2 is 2.55 bits per heavy atom. The van der Waals surface area contributed by atoms with Crippen LogP contribution in [-0.4, -0.2) is 13.1 Å². The van der Waals surface area contributed by atoms with Gasteiger partial charge in [-0.2, -0.15) is 5.26 Å². The molecule has 1 fully saturated rings. The van der Waals surface area contributed by atoms with E-state index in [4.69, 9.17) is 5.26 Å². The van der Waals surface area contributed by atoms with Crippen molar-refractivity contribution in [3.63, 3.8) is 0 Å². The largest absolute Gasteiger partial charge is 0.315 e. The summed E-state index contributed by atoms with van der Waals surface area (Å²) in [4.78, 5) is 0. The van der Waals surface area contributed by atoms with E-state index in [-0.39, 0.29) is 5.41 Å². The van der Waals surface area contributed by atoms with E-state index < -0.39 is 0 Å². The van der Waals surface area contributed by atoms with Crippen molar-refractivity contribution in [3.8, 4) is 6.07 Å². The molecule has 0 aliphatic carbocycles.